The molecule has 0 amide bonds. The molecule has 116 valence electrons. The van der Waals surface area contributed by atoms with Gasteiger partial charge in [0.05, 0.1) is 13.2 Å². The van der Waals surface area contributed by atoms with E-state index in [4.69, 9.17) is 9.05 Å². The van der Waals surface area contributed by atoms with E-state index in [1.54, 1.807) is 44.2 Å². The number of alkyl halides is 1. The summed E-state index contributed by atoms with van der Waals surface area (Å²) >= 11 is 0. The number of halogens is 1. The maximum atomic E-state index is 15.5. The molecule has 0 saturated carbocycles. The van der Waals surface area contributed by atoms with Gasteiger partial charge in [-0.15, -0.1) is 0 Å². The zero-order valence-electron chi connectivity index (χ0n) is 12.5. The lowest BCUT2D eigenvalue weighted by Gasteiger charge is -2.27. The maximum absolute atomic E-state index is 15.5. The van der Waals surface area contributed by atoms with Crippen LogP contribution in [0.2, 0.25) is 0 Å². The fraction of sp³-hybridized carbons (Fsp3) is 0.312. The van der Waals surface area contributed by atoms with E-state index in [2.05, 4.69) is 0 Å². The van der Waals surface area contributed by atoms with Gasteiger partial charge in [0.15, 0.2) is 0 Å². The van der Waals surface area contributed by atoms with Crippen molar-refractivity contribution < 1.29 is 18.0 Å². The van der Waals surface area contributed by atoms with E-state index in [9.17, 15) is 9.83 Å². The minimum Gasteiger partial charge on any atom is -0.306 e. The first-order chi connectivity index (χ1) is 10.5. The summed E-state index contributed by atoms with van der Waals surface area (Å²) in [6.07, 6.45) is 0. The summed E-state index contributed by atoms with van der Waals surface area (Å²) in [5.41, 5.74) is -0.00154. The monoisotopic (exact) mass is 321 g/mol. The summed E-state index contributed by atoms with van der Waals surface area (Å²) in [6, 6.07) is 13.4. The average Bonchev–Trinajstić information content (AvgIpc) is 2.54. The number of nitrogens with zero attached hydrogens (tertiary/aromatic N) is 1. The van der Waals surface area contributed by atoms with E-state index in [-0.39, 0.29) is 18.8 Å². The Kier molecular flexibility index (Phi) is 4.97. The van der Waals surface area contributed by atoms with E-state index in [1.807, 2.05) is 6.07 Å². The molecule has 0 aliphatic heterocycles. The molecule has 0 aliphatic carbocycles. The molecule has 0 heterocycles. The normalized spacial score (nSPS) is 14.5. The predicted molar refractivity (Wildman–Crippen MR) is 83.2 cm³/mol. The highest BCUT2D eigenvalue weighted by atomic mass is 31.2. The van der Waals surface area contributed by atoms with Gasteiger partial charge in [-0.2, -0.15) is 5.26 Å². The van der Waals surface area contributed by atoms with E-state index in [1.165, 1.54) is 12.1 Å². The molecule has 0 aromatic heterocycles. The van der Waals surface area contributed by atoms with Crippen LogP contribution in [0.5, 0.6) is 0 Å². The standard InChI is InChI=1S/C16H17FNO3P/c1-3-20-22(19,21-4-2)16(17,12-18)15-11-7-9-13-8-5-6-10-14(13)15/h5-11H,3-4H2,1-2H3. The van der Waals surface area contributed by atoms with Gasteiger partial charge >= 0.3 is 13.0 Å². The third-order valence-electron chi connectivity index (χ3n) is 3.27. The molecular weight excluding hydrogens is 304 g/mol. The van der Waals surface area contributed by atoms with Crippen LogP contribution in [-0.4, -0.2) is 13.2 Å². The van der Waals surface area contributed by atoms with Crippen molar-refractivity contribution in [2.24, 2.45) is 0 Å². The molecule has 1 unspecified atom stereocenters. The van der Waals surface area contributed by atoms with Gasteiger partial charge in [-0.05, 0) is 24.6 Å². The zero-order chi connectivity index (χ0) is 16.2. The van der Waals surface area contributed by atoms with Crippen LogP contribution in [0.4, 0.5) is 4.39 Å². The van der Waals surface area contributed by atoms with Crippen LogP contribution in [-0.2, 0) is 19.0 Å². The van der Waals surface area contributed by atoms with Crippen LogP contribution < -0.4 is 0 Å². The number of rotatable bonds is 6. The molecule has 4 nitrogen and oxygen atoms in total. The maximum Gasteiger partial charge on any atom is 0.386 e. The quantitative estimate of drug-likeness (QED) is 0.720. The zero-order valence-corrected chi connectivity index (χ0v) is 13.3. The third kappa shape index (κ3) is 2.66. The molecule has 0 N–H and O–H groups in total. The van der Waals surface area contributed by atoms with Gasteiger partial charge < -0.3 is 9.05 Å². The van der Waals surface area contributed by atoms with Crippen LogP contribution in [0.3, 0.4) is 0 Å². The Morgan fingerprint density at radius 1 is 1.14 bits per heavy atom. The Hall–Kier alpha value is -1.73. The predicted octanol–water partition coefficient (Wildman–Crippen LogP) is 4.75. The van der Waals surface area contributed by atoms with E-state index >= 15 is 4.39 Å². The van der Waals surface area contributed by atoms with Crippen molar-refractivity contribution in [2.75, 3.05) is 13.2 Å². The molecule has 0 bridgehead atoms. The van der Waals surface area contributed by atoms with Crippen molar-refractivity contribution in [3.05, 3.63) is 48.0 Å². The smallest absolute Gasteiger partial charge is 0.306 e. The molecular formula is C16H17FNO3P. The summed E-state index contributed by atoms with van der Waals surface area (Å²) in [7, 11) is -4.30. The van der Waals surface area contributed by atoms with Crippen LogP contribution in [0, 0.1) is 11.3 Å². The van der Waals surface area contributed by atoms with Crippen LogP contribution in [0.25, 0.3) is 10.8 Å². The third-order valence-corrected chi connectivity index (χ3v) is 5.56. The summed E-state index contributed by atoms with van der Waals surface area (Å²) < 4.78 is 38.5. The van der Waals surface area contributed by atoms with Crippen molar-refractivity contribution in [1.29, 1.82) is 5.26 Å². The van der Waals surface area contributed by atoms with Gasteiger partial charge in [0.25, 0.3) is 0 Å². The molecule has 2 aromatic carbocycles. The summed E-state index contributed by atoms with van der Waals surface area (Å²) in [6.45, 7) is 3.11. The van der Waals surface area contributed by atoms with Crippen molar-refractivity contribution in [2.45, 2.75) is 19.3 Å². The van der Waals surface area contributed by atoms with Crippen LogP contribution >= 0.6 is 7.60 Å². The topological polar surface area (TPSA) is 59.3 Å². The number of benzene rings is 2. The van der Waals surface area contributed by atoms with Crippen molar-refractivity contribution in [3.63, 3.8) is 0 Å². The largest absolute Gasteiger partial charge is 0.386 e. The first kappa shape index (κ1) is 16.6. The first-order valence-electron chi connectivity index (χ1n) is 7.00. The highest BCUT2D eigenvalue weighted by molar-refractivity contribution is 7.55. The lowest BCUT2D eigenvalue weighted by molar-refractivity contribution is 0.168. The van der Waals surface area contributed by atoms with Gasteiger partial charge in [-0.1, -0.05) is 42.5 Å². The second-order valence-electron chi connectivity index (χ2n) is 4.59. The van der Waals surface area contributed by atoms with Crippen molar-refractivity contribution in [1.82, 2.24) is 0 Å². The van der Waals surface area contributed by atoms with Crippen molar-refractivity contribution >= 4 is 18.4 Å². The number of hydrogen-bond acceptors (Lipinski definition) is 4. The minimum atomic E-state index is -4.30. The Morgan fingerprint density at radius 2 is 1.73 bits per heavy atom. The fourth-order valence-corrected chi connectivity index (χ4v) is 4.06. The van der Waals surface area contributed by atoms with Gasteiger partial charge in [-0.25, -0.2) is 4.39 Å². The van der Waals surface area contributed by atoms with Gasteiger partial charge in [0, 0.05) is 5.56 Å². The number of nitriles is 1. The van der Waals surface area contributed by atoms with E-state index in [0.717, 1.165) is 5.39 Å². The van der Waals surface area contributed by atoms with Crippen molar-refractivity contribution in [3.8, 4) is 6.07 Å². The molecule has 0 saturated heterocycles. The second-order valence-corrected chi connectivity index (χ2v) is 6.72. The van der Waals surface area contributed by atoms with E-state index in [0.29, 0.717) is 5.39 Å². The minimum absolute atomic E-state index is 0.00154. The Balaban J connectivity index is 2.72. The van der Waals surface area contributed by atoms with E-state index < -0.39 is 13.0 Å². The molecule has 0 aliphatic rings. The molecule has 0 fully saturated rings. The van der Waals surface area contributed by atoms with Gasteiger partial charge in [0.1, 0.15) is 6.07 Å². The van der Waals surface area contributed by atoms with Crippen LogP contribution in [0.1, 0.15) is 19.4 Å². The lowest BCUT2D eigenvalue weighted by atomic mass is 10.0. The fourth-order valence-electron chi connectivity index (χ4n) is 2.34. The SMILES string of the molecule is CCOP(=O)(OCC)C(F)(C#N)c1cccc2ccccc12. The molecule has 0 spiro atoms. The number of fused-ring (bicyclic) bond motifs is 1. The average molecular weight is 321 g/mol. The first-order valence-corrected chi connectivity index (χ1v) is 8.54. The van der Waals surface area contributed by atoms with Gasteiger partial charge in [-0.3, -0.25) is 4.57 Å². The molecule has 0 radical (unpaired) electrons. The number of hydrogen-bond donors (Lipinski definition) is 0. The highest BCUT2D eigenvalue weighted by Gasteiger charge is 2.55. The Labute approximate surface area is 129 Å². The van der Waals surface area contributed by atoms with Gasteiger partial charge in [0.2, 0.25) is 0 Å². The summed E-state index contributed by atoms with van der Waals surface area (Å²) in [5.74, 6) is 0. The highest BCUT2D eigenvalue weighted by Crippen LogP contribution is 2.66. The molecule has 1 atom stereocenters. The molecule has 22 heavy (non-hydrogen) atoms. The molecule has 6 heteroatoms. The summed E-state index contributed by atoms with van der Waals surface area (Å²) in [5, 5.41) is 7.82. The van der Waals surface area contributed by atoms with Crippen LogP contribution in [0.15, 0.2) is 42.5 Å². The molecule has 2 aromatic rings. The Morgan fingerprint density at radius 3 is 2.32 bits per heavy atom. The Bertz CT molecular complexity index is 743. The second kappa shape index (κ2) is 6.58. The molecule has 2 rings (SSSR count). The summed E-state index contributed by atoms with van der Waals surface area (Å²) in [4.78, 5) is 0. The lowest BCUT2D eigenvalue weighted by Crippen LogP contribution is -2.22.